The van der Waals surface area contributed by atoms with E-state index >= 15 is 0 Å². The Hall–Kier alpha value is -2.25. The first kappa shape index (κ1) is 14.2. The van der Waals surface area contributed by atoms with Crippen molar-refractivity contribution in [1.29, 1.82) is 5.26 Å². The van der Waals surface area contributed by atoms with Crippen LogP contribution in [0.3, 0.4) is 0 Å². The van der Waals surface area contributed by atoms with E-state index in [1.165, 1.54) is 0 Å². The van der Waals surface area contributed by atoms with Crippen LogP contribution in [0.5, 0.6) is 5.75 Å². The predicted octanol–water partition coefficient (Wildman–Crippen LogP) is 2.97. The number of aryl methyl sites for hydroxylation is 1. The fourth-order valence-corrected chi connectivity index (χ4v) is 1.89. The molecule has 20 heavy (non-hydrogen) atoms. The third-order valence-corrected chi connectivity index (χ3v) is 2.93. The smallest absolute Gasteiger partial charge is 0.120 e. The number of benzene rings is 1. The molecule has 1 heterocycles. The zero-order valence-corrected chi connectivity index (χ0v) is 11.8. The molecule has 0 N–H and O–H groups in total. The van der Waals surface area contributed by atoms with Crippen LogP contribution in [0.2, 0.25) is 0 Å². The molecule has 0 bridgehead atoms. The molecule has 0 fully saturated rings. The zero-order chi connectivity index (χ0) is 14.4. The van der Waals surface area contributed by atoms with Gasteiger partial charge in [0.1, 0.15) is 23.9 Å². The summed E-state index contributed by atoms with van der Waals surface area (Å²) in [4.78, 5) is 2.13. The number of nitrogens with zero attached hydrogens (tertiary/aromatic N) is 2. The second-order valence-electron chi connectivity index (χ2n) is 4.74. The molecule has 2 rings (SSSR count). The van der Waals surface area contributed by atoms with E-state index in [4.69, 9.17) is 14.4 Å². The van der Waals surface area contributed by atoms with E-state index < -0.39 is 0 Å². The highest BCUT2D eigenvalue weighted by molar-refractivity contribution is 5.36. The summed E-state index contributed by atoms with van der Waals surface area (Å²) in [6.45, 7) is 4.06. The molecule has 0 amide bonds. The molecular formula is C16H18N2O2. The molecule has 104 valence electrons. The normalized spacial score (nSPS) is 10.5. The lowest BCUT2D eigenvalue weighted by Gasteiger charge is -2.15. The molecule has 4 heteroatoms. The Kier molecular flexibility index (Phi) is 4.80. The first-order chi connectivity index (χ1) is 9.67. The highest BCUT2D eigenvalue weighted by Crippen LogP contribution is 2.13. The summed E-state index contributed by atoms with van der Waals surface area (Å²) in [5.41, 5.74) is 0.613. The lowest BCUT2D eigenvalue weighted by atomic mass is 10.2. The van der Waals surface area contributed by atoms with E-state index in [1.54, 1.807) is 12.1 Å². The van der Waals surface area contributed by atoms with Crippen molar-refractivity contribution in [2.45, 2.75) is 13.5 Å². The van der Waals surface area contributed by atoms with Gasteiger partial charge in [0.15, 0.2) is 0 Å². The third kappa shape index (κ3) is 4.15. The Balaban J connectivity index is 1.76. The van der Waals surface area contributed by atoms with Crippen molar-refractivity contribution < 1.29 is 9.15 Å². The maximum atomic E-state index is 8.82. The van der Waals surface area contributed by atoms with Crippen molar-refractivity contribution in [3.63, 3.8) is 0 Å². The molecule has 2 aromatic rings. The van der Waals surface area contributed by atoms with Crippen LogP contribution in [0.1, 0.15) is 17.1 Å². The van der Waals surface area contributed by atoms with Gasteiger partial charge in [-0.15, -0.1) is 0 Å². The van der Waals surface area contributed by atoms with Gasteiger partial charge in [0.05, 0.1) is 18.2 Å². The van der Waals surface area contributed by atoms with E-state index in [2.05, 4.69) is 11.0 Å². The standard InChI is InChI=1S/C16H18N2O2/c1-13-6-7-16(20-13)12-18(2)8-9-19-15-5-3-4-14(10-15)11-17/h3-7,10H,8-9,12H2,1-2H3. The Morgan fingerprint density at radius 2 is 2.15 bits per heavy atom. The predicted molar refractivity (Wildman–Crippen MR) is 76.4 cm³/mol. The van der Waals surface area contributed by atoms with Gasteiger partial charge in [0.25, 0.3) is 0 Å². The highest BCUT2D eigenvalue weighted by Gasteiger charge is 2.04. The van der Waals surface area contributed by atoms with Crippen LogP contribution in [-0.2, 0) is 6.54 Å². The van der Waals surface area contributed by atoms with Crippen LogP contribution in [-0.4, -0.2) is 25.1 Å². The summed E-state index contributed by atoms with van der Waals surface area (Å²) in [6.07, 6.45) is 0. The Bertz CT molecular complexity index is 599. The van der Waals surface area contributed by atoms with E-state index in [0.717, 1.165) is 30.4 Å². The van der Waals surface area contributed by atoms with Crippen molar-refractivity contribution in [2.24, 2.45) is 0 Å². The molecule has 1 aromatic carbocycles. The zero-order valence-electron chi connectivity index (χ0n) is 11.8. The van der Waals surface area contributed by atoms with Crippen molar-refractivity contribution in [2.75, 3.05) is 20.2 Å². The van der Waals surface area contributed by atoms with Crippen molar-refractivity contribution in [1.82, 2.24) is 4.90 Å². The van der Waals surface area contributed by atoms with Gasteiger partial charge in [-0.05, 0) is 44.3 Å². The maximum Gasteiger partial charge on any atom is 0.120 e. The number of ether oxygens (including phenoxy) is 1. The van der Waals surface area contributed by atoms with Gasteiger partial charge < -0.3 is 9.15 Å². The van der Waals surface area contributed by atoms with Crippen LogP contribution in [0, 0.1) is 18.3 Å². The molecule has 0 saturated heterocycles. The van der Waals surface area contributed by atoms with Gasteiger partial charge in [0, 0.05) is 6.54 Å². The summed E-state index contributed by atoms with van der Waals surface area (Å²) in [5, 5.41) is 8.82. The minimum absolute atomic E-state index is 0.574. The number of rotatable bonds is 6. The Morgan fingerprint density at radius 3 is 2.85 bits per heavy atom. The molecule has 0 aliphatic heterocycles. The number of hydrogen-bond acceptors (Lipinski definition) is 4. The second-order valence-corrected chi connectivity index (χ2v) is 4.74. The quantitative estimate of drug-likeness (QED) is 0.809. The van der Waals surface area contributed by atoms with E-state index in [1.807, 2.05) is 38.2 Å². The molecule has 0 aliphatic rings. The summed E-state index contributed by atoms with van der Waals surface area (Å²) < 4.78 is 11.2. The van der Waals surface area contributed by atoms with Crippen molar-refractivity contribution in [3.8, 4) is 11.8 Å². The second kappa shape index (κ2) is 6.78. The fraction of sp³-hybridized carbons (Fsp3) is 0.312. The lowest BCUT2D eigenvalue weighted by molar-refractivity contribution is 0.221. The van der Waals surface area contributed by atoms with Crippen LogP contribution < -0.4 is 4.74 Å². The highest BCUT2D eigenvalue weighted by atomic mass is 16.5. The van der Waals surface area contributed by atoms with Gasteiger partial charge in [-0.25, -0.2) is 0 Å². The Labute approximate surface area is 119 Å². The monoisotopic (exact) mass is 270 g/mol. The number of hydrogen-bond donors (Lipinski definition) is 0. The summed E-state index contributed by atoms with van der Waals surface area (Å²) in [6, 6.07) is 13.2. The van der Waals surface area contributed by atoms with Crippen LogP contribution in [0.15, 0.2) is 40.8 Å². The largest absolute Gasteiger partial charge is 0.492 e. The molecule has 0 radical (unpaired) electrons. The van der Waals surface area contributed by atoms with Gasteiger partial charge >= 0.3 is 0 Å². The lowest BCUT2D eigenvalue weighted by Crippen LogP contribution is -2.23. The molecule has 0 spiro atoms. The molecule has 4 nitrogen and oxygen atoms in total. The molecule has 0 unspecified atom stereocenters. The molecule has 0 aliphatic carbocycles. The average Bonchev–Trinajstić information content (AvgIpc) is 2.84. The summed E-state index contributed by atoms with van der Waals surface area (Å²) in [5.74, 6) is 2.61. The maximum absolute atomic E-state index is 8.82. The van der Waals surface area contributed by atoms with Crippen LogP contribution in [0.4, 0.5) is 0 Å². The van der Waals surface area contributed by atoms with Gasteiger partial charge in [-0.2, -0.15) is 5.26 Å². The third-order valence-electron chi connectivity index (χ3n) is 2.93. The first-order valence-electron chi connectivity index (χ1n) is 6.54. The van der Waals surface area contributed by atoms with Crippen molar-refractivity contribution >= 4 is 0 Å². The van der Waals surface area contributed by atoms with E-state index in [-0.39, 0.29) is 0 Å². The SMILES string of the molecule is Cc1ccc(CN(C)CCOc2cccc(C#N)c2)o1. The average molecular weight is 270 g/mol. The molecule has 1 aromatic heterocycles. The first-order valence-corrected chi connectivity index (χ1v) is 6.54. The number of furan rings is 1. The number of likely N-dealkylation sites (N-methyl/N-ethyl adjacent to an activating group) is 1. The van der Waals surface area contributed by atoms with Gasteiger partial charge in [-0.3, -0.25) is 4.90 Å². The van der Waals surface area contributed by atoms with Crippen LogP contribution in [0.25, 0.3) is 0 Å². The molecule has 0 atom stereocenters. The van der Waals surface area contributed by atoms with Gasteiger partial charge in [-0.1, -0.05) is 6.07 Å². The summed E-state index contributed by atoms with van der Waals surface area (Å²) in [7, 11) is 2.02. The Morgan fingerprint density at radius 1 is 1.30 bits per heavy atom. The van der Waals surface area contributed by atoms with Gasteiger partial charge in [0.2, 0.25) is 0 Å². The van der Waals surface area contributed by atoms with Crippen molar-refractivity contribution in [3.05, 3.63) is 53.5 Å². The molecular weight excluding hydrogens is 252 g/mol. The van der Waals surface area contributed by atoms with E-state index in [0.29, 0.717) is 12.2 Å². The topological polar surface area (TPSA) is 49.4 Å². The van der Waals surface area contributed by atoms with E-state index in [9.17, 15) is 0 Å². The number of nitriles is 1. The fourth-order valence-electron chi connectivity index (χ4n) is 1.89. The van der Waals surface area contributed by atoms with Crippen LogP contribution >= 0.6 is 0 Å². The minimum atomic E-state index is 0.574. The molecule has 0 saturated carbocycles. The summed E-state index contributed by atoms with van der Waals surface area (Å²) >= 11 is 0. The minimum Gasteiger partial charge on any atom is -0.492 e.